The van der Waals surface area contributed by atoms with E-state index in [0.717, 1.165) is 25.9 Å². The third-order valence-corrected chi connectivity index (χ3v) is 4.49. The van der Waals surface area contributed by atoms with Crippen LogP contribution in [0.1, 0.15) is 23.2 Å². The number of carbonyl (C=O) groups is 1. The van der Waals surface area contributed by atoms with Crippen LogP contribution >= 0.6 is 0 Å². The van der Waals surface area contributed by atoms with Crippen LogP contribution in [0.2, 0.25) is 0 Å². The fourth-order valence-electron chi connectivity index (χ4n) is 2.32. The molecule has 1 fully saturated rings. The van der Waals surface area contributed by atoms with Crippen molar-refractivity contribution in [3.8, 4) is 0 Å². The van der Waals surface area contributed by atoms with Crippen LogP contribution in [0.3, 0.4) is 0 Å². The molecule has 0 atom stereocenters. The highest BCUT2D eigenvalue weighted by Gasteiger charge is 2.24. The molecular weight excluding hydrogens is 264 g/mol. The molecule has 0 spiro atoms. The minimum absolute atomic E-state index is 0.0347. The largest absolute Gasteiger partial charge is 0.306 e. The number of benzene rings is 1. The molecule has 6 heteroatoms. The monoisotopic (exact) mass is 282 g/mol. The molecule has 0 bridgehead atoms. The summed E-state index contributed by atoms with van der Waals surface area (Å²) in [6.45, 7) is 1.84. The summed E-state index contributed by atoms with van der Waals surface area (Å²) < 4.78 is 22.3. The van der Waals surface area contributed by atoms with Gasteiger partial charge in [0, 0.05) is 11.5 Å². The quantitative estimate of drug-likeness (QED) is 0.834. The number of likely N-dealkylation sites (tertiary alicyclic amines) is 1. The molecule has 2 N–H and O–H groups in total. The Bertz CT molecular complexity index is 558. The molecule has 1 aliphatic rings. The Hall–Kier alpha value is -1.24. The molecule has 1 heterocycles. The number of sulfonamides is 1. The van der Waals surface area contributed by atoms with Crippen LogP contribution in [0.5, 0.6) is 0 Å². The van der Waals surface area contributed by atoms with Crippen LogP contribution in [0.4, 0.5) is 0 Å². The van der Waals surface area contributed by atoms with Crippen molar-refractivity contribution in [1.29, 1.82) is 0 Å². The van der Waals surface area contributed by atoms with Crippen LogP contribution in [0.25, 0.3) is 0 Å². The summed E-state index contributed by atoms with van der Waals surface area (Å²) >= 11 is 0. The van der Waals surface area contributed by atoms with E-state index in [1.165, 1.54) is 12.1 Å². The maximum Gasteiger partial charge on any atom is 0.238 e. The summed E-state index contributed by atoms with van der Waals surface area (Å²) in [6, 6.07) is 5.86. The standard InChI is InChI=1S/C13H18N2O3S/c1-15-8-6-11(7-9-15)13(16)10-2-4-12(5-3-10)19(14,17)18/h2-5,11H,6-9H2,1H3,(H2,14,17,18). The maximum atomic E-state index is 12.3. The third-order valence-electron chi connectivity index (χ3n) is 3.56. The minimum Gasteiger partial charge on any atom is -0.306 e. The van der Waals surface area contributed by atoms with Crippen LogP contribution in [-0.4, -0.2) is 39.2 Å². The Balaban J connectivity index is 2.12. The van der Waals surface area contributed by atoms with Gasteiger partial charge in [-0.3, -0.25) is 4.79 Å². The van der Waals surface area contributed by atoms with Gasteiger partial charge in [-0.15, -0.1) is 0 Å². The molecule has 0 radical (unpaired) electrons. The minimum atomic E-state index is -3.70. The average Bonchev–Trinajstić information content (AvgIpc) is 2.38. The number of hydrogen-bond acceptors (Lipinski definition) is 4. The molecular formula is C13H18N2O3S. The molecule has 0 unspecified atom stereocenters. The zero-order valence-electron chi connectivity index (χ0n) is 10.9. The lowest BCUT2D eigenvalue weighted by Gasteiger charge is -2.28. The van der Waals surface area contributed by atoms with E-state index in [1.807, 2.05) is 7.05 Å². The first-order valence-electron chi connectivity index (χ1n) is 6.23. The van der Waals surface area contributed by atoms with E-state index >= 15 is 0 Å². The van der Waals surface area contributed by atoms with E-state index in [9.17, 15) is 13.2 Å². The van der Waals surface area contributed by atoms with Crippen molar-refractivity contribution in [2.24, 2.45) is 11.1 Å². The van der Waals surface area contributed by atoms with Crippen molar-refractivity contribution in [3.05, 3.63) is 29.8 Å². The summed E-state index contributed by atoms with van der Waals surface area (Å²) in [5.41, 5.74) is 0.557. The van der Waals surface area contributed by atoms with Gasteiger partial charge in [-0.1, -0.05) is 12.1 Å². The van der Waals surface area contributed by atoms with Crippen LogP contribution in [-0.2, 0) is 10.0 Å². The van der Waals surface area contributed by atoms with Crippen molar-refractivity contribution in [2.75, 3.05) is 20.1 Å². The Morgan fingerprint density at radius 2 is 1.74 bits per heavy atom. The lowest BCUT2D eigenvalue weighted by molar-refractivity contribution is 0.0856. The van der Waals surface area contributed by atoms with Crippen molar-refractivity contribution < 1.29 is 13.2 Å². The van der Waals surface area contributed by atoms with Crippen LogP contribution in [0.15, 0.2) is 29.2 Å². The Labute approximate surface area is 113 Å². The van der Waals surface area contributed by atoms with E-state index in [4.69, 9.17) is 5.14 Å². The molecule has 1 aliphatic heterocycles. The average molecular weight is 282 g/mol. The summed E-state index contributed by atoms with van der Waals surface area (Å²) in [7, 11) is -1.65. The van der Waals surface area contributed by atoms with Gasteiger partial charge in [-0.25, -0.2) is 13.6 Å². The van der Waals surface area contributed by atoms with Gasteiger partial charge in [0.05, 0.1) is 4.90 Å². The normalized spacial score (nSPS) is 18.4. The van der Waals surface area contributed by atoms with Crippen molar-refractivity contribution in [1.82, 2.24) is 4.90 Å². The van der Waals surface area contributed by atoms with Gasteiger partial charge in [0.15, 0.2) is 5.78 Å². The van der Waals surface area contributed by atoms with Gasteiger partial charge >= 0.3 is 0 Å². The first kappa shape index (κ1) is 14.2. The molecule has 0 amide bonds. The second-order valence-corrected chi connectivity index (χ2v) is 6.57. The molecule has 0 saturated carbocycles. The Morgan fingerprint density at radius 1 is 1.21 bits per heavy atom. The number of Topliss-reactive ketones (excluding diaryl/α,β-unsaturated/α-hetero) is 1. The van der Waals surface area contributed by atoms with Crippen molar-refractivity contribution in [2.45, 2.75) is 17.7 Å². The maximum absolute atomic E-state index is 12.3. The number of primary sulfonamides is 1. The SMILES string of the molecule is CN1CCC(C(=O)c2ccc(S(N)(=O)=O)cc2)CC1. The van der Waals surface area contributed by atoms with Gasteiger partial charge in [-0.2, -0.15) is 0 Å². The number of nitrogens with two attached hydrogens (primary N) is 1. The van der Waals surface area contributed by atoms with Gasteiger partial charge < -0.3 is 4.90 Å². The highest BCUT2D eigenvalue weighted by Crippen LogP contribution is 2.21. The second-order valence-electron chi connectivity index (χ2n) is 5.01. The fraction of sp³-hybridized carbons (Fsp3) is 0.462. The first-order chi connectivity index (χ1) is 8.88. The molecule has 19 heavy (non-hydrogen) atoms. The number of nitrogens with zero attached hydrogens (tertiary/aromatic N) is 1. The summed E-state index contributed by atoms with van der Waals surface area (Å²) in [5.74, 6) is 0.130. The predicted octanol–water partition coefficient (Wildman–Crippen LogP) is 0.858. The van der Waals surface area contributed by atoms with E-state index in [-0.39, 0.29) is 16.6 Å². The van der Waals surface area contributed by atoms with Crippen LogP contribution in [0, 0.1) is 5.92 Å². The highest BCUT2D eigenvalue weighted by molar-refractivity contribution is 7.89. The van der Waals surface area contributed by atoms with E-state index < -0.39 is 10.0 Å². The van der Waals surface area contributed by atoms with Gasteiger partial charge in [-0.05, 0) is 45.1 Å². The molecule has 1 aromatic carbocycles. The molecule has 1 saturated heterocycles. The Kier molecular flexibility index (Phi) is 4.03. The van der Waals surface area contributed by atoms with Gasteiger partial charge in [0.2, 0.25) is 10.0 Å². The smallest absolute Gasteiger partial charge is 0.238 e. The molecule has 5 nitrogen and oxygen atoms in total. The zero-order valence-corrected chi connectivity index (χ0v) is 11.7. The van der Waals surface area contributed by atoms with Crippen molar-refractivity contribution >= 4 is 15.8 Å². The summed E-state index contributed by atoms with van der Waals surface area (Å²) in [6.07, 6.45) is 1.71. The number of hydrogen-bond donors (Lipinski definition) is 1. The second kappa shape index (κ2) is 5.40. The molecule has 0 aromatic heterocycles. The summed E-state index contributed by atoms with van der Waals surface area (Å²) in [4.78, 5) is 14.5. The Morgan fingerprint density at radius 3 is 2.21 bits per heavy atom. The summed E-state index contributed by atoms with van der Waals surface area (Å²) in [5, 5.41) is 5.02. The van der Waals surface area contributed by atoms with Crippen LogP contribution < -0.4 is 5.14 Å². The lowest BCUT2D eigenvalue weighted by atomic mass is 9.89. The topological polar surface area (TPSA) is 80.5 Å². The number of rotatable bonds is 3. The van der Waals surface area contributed by atoms with E-state index in [0.29, 0.717) is 5.56 Å². The first-order valence-corrected chi connectivity index (χ1v) is 7.78. The van der Waals surface area contributed by atoms with E-state index in [1.54, 1.807) is 12.1 Å². The van der Waals surface area contributed by atoms with Gasteiger partial charge in [0.25, 0.3) is 0 Å². The third kappa shape index (κ3) is 3.40. The zero-order chi connectivity index (χ0) is 14.0. The predicted molar refractivity (Wildman–Crippen MR) is 72.4 cm³/mol. The van der Waals surface area contributed by atoms with Crippen molar-refractivity contribution in [3.63, 3.8) is 0 Å². The fourth-order valence-corrected chi connectivity index (χ4v) is 2.83. The highest BCUT2D eigenvalue weighted by atomic mass is 32.2. The number of piperidine rings is 1. The van der Waals surface area contributed by atoms with E-state index in [2.05, 4.69) is 4.90 Å². The molecule has 1 aromatic rings. The lowest BCUT2D eigenvalue weighted by Crippen LogP contribution is -2.33. The molecule has 2 rings (SSSR count). The van der Waals surface area contributed by atoms with Gasteiger partial charge in [0.1, 0.15) is 0 Å². The molecule has 0 aliphatic carbocycles. The number of ketones is 1. The number of carbonyl (C=O) groups excluding carboxylic acids is 1. The molecule has 104 valence electrons.